The Balaban J connectivity index is 0.000000143. The zero-order valence-electron chi connectivity index (χ0n) is 22.2. The summed E-state index contributed by atoms with van der Waals surface area (Å²) in [5, 5.41) is 16.8. The minimum absolute atomic E-state index is 0.374. The molecule has 2 N–H and O–H groups in total. The summed E-state index contributed by atoms with van der Waals surface area (Å²) in [6, 6.07) is 17.9. The van der Waals surface area contributed by atoms with Crippen LogP contribution in [0.1, 0.15) is 5.56 Å². The second kappa shape index (κ2) is 10.9. The molecule has 0 radical (unpaired) electrons. The fourth-order valence-corrected chi connectivity index (χ4v) is 5.26. The van der Waals surface area contributed by atoms with Crippen LogP contribution in [-0.4, -0.2) is 40.3 Å². The fraction of sp³-hybridized carbons (Fsp3) is 0.0323. The van der Waals surface area contributed by atoms with Gasteiger partial charge in [-0.3, -0.25) is 20.2 Å². The molecule has 8 rings (SSSR count). The second-order valence-corrected chi connectivity index (χ2v) is 10.7. The highest BCUT2D eigenvalue weighted by atomic mass is 35.5. The number of aromatic amines is 2. The van der Waals surface area contributed by atoms with Crippen LogP contribution in [0, 0.1) is 0 Å². The first-order valence-electron chi connectivity index (χ1n) is 13.0. The van der Waals surface area contributed by atoms with E-state index in [4.69, 9.17) is 23.2 Å². The smallest absolute Gasteiger partial charge is 0.278 e. The molecule has 0 saturated carbocycles. The number of fused-ring (bicyclic) bond motifs is 4. The highest BCUT2D eigenvalue weighted by Gasteiger charge is 2.30. The topological polar surface area (TPSA) is 109 Å². The monoisotopic (exact) mass is 628 g/mol. The Morgan fingerprint density at radius 3 is 1.75 bits per heavy atom. The average molecular weight is 629 g/mol. The molecule has 4 heterocycles. The van der Waals surface area contributed by atoms with E-state index in [2.05, 4.69) is 40.3 Å². The van der Waals surface area contributed by atoms with Gasteiger partial charge in [-0.1, -0.05) is 35.3 Å². The van der Waals surface area contributed by atoms with E-state index in [-0.39, 0.29) is 0 Å². The molecule has 44 heavy (non-hydrogen) atoms. The number of aromatic nitrogens is 8. The Hall–Kier alpha value is -5.13. The van der Waals surface area contributed by atoms with Crippen LogP contribution in [0.25, 0.3) is 66.4 Å². The molecule has 0 saturated heterocycles. The zero-order valence-corrected chi connectivity index (χ0v) is 23.7. The van der Waals surface area contributed by atoms with Crippen molar-refractivity contribution in [3.8, 4) is 22.5 Å². The van der Waals surface area contributed by atoms with Crippen LogP contribution in [0.5, 0.6) is 0 Å². The number of nitrogens with one attached hydrogen (secondary N) is 2. The molecule has 13 heteroatoms. The third-order valence-corrected chi connectivity index (χ3v) is 7.28. The first-order valence-corrected chi connectivity index (χ1v) is 13.8. The third-order valence-electron chi connectivity index (χ3n) is 6.85. The number of benzene rings is 4. The van der Waals surface area contributed by atoms with Crippen molar-refractivity contribution in [2.24, 2.45) is 0 Å². The number of nitrogens with zero attached hydrogens (tertiary/aromatic N) is 6. The Morgan fingerprint density at radius 2 is 1.11 bits per heavy atom. The lowest BCUT2D eigenvalue weighted by Gasteiger charge is -2.08. The van der Waals surface area contributed by atoms with Gasteiger partial charge in [0.2, 0.25) is 0 Å². The van der Waals surface area contributed by atoms with Gasteiger partial charge in [-0.15, -0.1) is 0 Å². The van der Waals surface area contributed by atoms with Gasteiger partial charge < -0.3 is 0 Å². The van der Waals surface area contributed by atoms with E-state index in [1.165, 1.54) is 12.3 Å². The molecule has 4 aromatic carbocycles. The summed E-state index contributed by atoms with van der Waals surface area (Å²) < 4.78 is 38.5. The van der Waals surface area contributed by atoms with Gasteiger partial charge in [0.15, 0.2) is 0 Å². The van der Waals surface area contributed by atoms with Crippen molar-refractivity contribution in [2.75, 3.05) is 0 Å². The molecular weight excluding hydrogens is 612 g/mol. The summed E-state index contributed by atoms with van der Waals surface area (Å²) in [5.74, 6) is 0. The lowest BCUT2D eigenvalue weighted by Crippen LogP contribution is -2.04. The first kappa shape index (κ1) is 27.7. The molecule has 0 aliphatic carbocycles. The molecule has 0 bridgehead atoms. The van der Waals surface area contributed by atoms with Gasteiger partial charge in [-0.2, -0.15) is 23.4 Å². The third kappa shape index (κ3) is 5.50. The minimum atomic E-state index is -4.39. The first-order chi connectivity index (χ1) is 21.2. The standard InChI is InChI=1S/C16H9F3N4.C15H8Cl2N4/c17-16(18,19)11-3-1-2-9(4-11)15-8-20-13-5-10-7-21-23-12(10)6-14(13)22-15;16-10-1-8(2-11(17)4-10)15-7-18-13-5-12-9(6-19-21-12)3-14(13)20-15/h1-8H,(H,21,23);1-7H,(H,19,21). The molecule has 0 fully saturated rings. The van der Waals surface area contributed by atoms with Crippen LogP contribution in [-0.2, 0) is 6.18 Å². The summed E-state index contributed by atoms with van der Waals surface area (Å²) in [5.41, 5.74) is 6.24. The van der Waals surface area contributed by atoms with E-state index in [1.54, 1.807) is 36.8 Å². The van der Waals surface area contributed by atoms with Crippen molar-refractivity contribution < 1.29 is 13.2 Å². The predicted octanol–water partition coefficient (Wildman–Crippen LogP) is 8.67. The maximum atomic E-state index is 12.8. The molecule has 0 unspecified atom stereocenters. The number of rotatable bonds is 2. The quantitative estimate of drug-likeness (QED) is 0.198. The number of alkyl halides is 3. The molecule has 0 spiro atoms. The highest BCUT2D eigenvalue weighted by molar-refractivity contribution is 6.35. The van der Waals surface area contributed by atoms with Crippen molar-refractivity contribution in [1.29, 1.82) is 0 Å². The summed E-state index contributed by atoms with van der Waals surface area (Å²) in [6.07, 6.45) is 2.25. The maximum Gasteiger partial charge on any atom is 0.416 e. The molecule has 0 aliphatic rings. The Kier molecular flexibility index (Phi) is 6.83. The van der Waals surface area contributed by atoms with E-state index in [9.17, 15) is 13.2 Å². The van der Waals surface area contributed by atoms with Crippen LogP contribution < -0.4 is 0 Å². The van der Waals surface area contributed by atoms with Crippen molar-refractivity contribution in [3.63, 3.8) is 0 Å². The Morgan fingerprint density at radius 1 is 0.568 bits per heavy atom. The minimum Gasteiger partial charge on any atom is -0.278 e. The molecule has 0 aliphatic heterocycles. The number of halogens is 5. The summed E-state index contributed by atoms with van der Waals surface area (Å²) in [6.45, 7) is 0. The lowest BCUT2D eigenvalue weighted by atomic mass is 10.1. The summed E-state index contributed by atoms with van der Waals surface area (Å²) in [7, 11) is 0. The van der Waals surface area contributed by atoms with Crippen molar-refractivity contribution in [2.45, 2.75) is 6.18 Å². The molecule has 0 amide bonds. The number of hydrogen-bond acceptors (Lipinski definition) is 6. The molecule has 8 nitrogen and oxygen atoms in total. The maximum absolute atomic E-state index is 12.8. The van der Waals surface area contributed by atoms with E-state index in [0.717, 1.165) is 56.2 Å². The van der Waals surface area contributed by atoms with Crippen molar-refractivity contribution in [1.82, 2.24) is 40.3 Å². The van der Waals surface area contributed by atoms with Gasteiger partial charge in [0, 0.05) is 31.9 Å². The van der Waals surface area contributed by atoms with E-state index >= 15 is 0 Å². The highest BCUT2D eigenvalue weighted by Crippen LogP contribution is 2.32. The zero-order chi connectivity index (χ0) is 30.4. The van der Waals surface area contributed by atoms with E-state index < -0.39 is 11.7 Å². The van der Waals surface area contributed by atoms with Gasteiger partial charge in [0.25, 0.3) is 0 Å². The summed E-state index contributed by atoms with van der Waals surface area (Å²) >= 11 is 12.1. The van der Waals surface area contributed by atoms with Crippen LogP contribution in [0.2, 0.25) is 10.0 Å². The molecule has 216 valence electrons. The second-order valence-electron chi connectivity index (χ2n) is 9.84. The predicted molar refractivity (Wildman–Crippen MR) is 164 cm³/mol. The summed E-state index contributed by atoms with van der Waals surface area (Å²) in [4.78, 5) is 17.8. The number of hydrogen-bond donors (Lipinski definition) is 2. The fourth-order valence-electron chi connectivity index (χ4n) is 4.74. The van der Waals surface area contributed by atoms with Crippen LogP contribution in [0.15, 0.2) is 91.5 Å². The van der Waals surface area contributed by atoms with Crippen LogP contribution in [0.3, 0.4) is 0 Å². The van der Waals surface area contributed by atoms with Gasteiger partial charge in [0.1, 0.15) is 0 Å². The van der Waals surface area contributed by atoms with Crippen LogP contribution in [0.4, 0.5) is 13.2 Å². The van der Waals surface area contributed by atoms with Crippen LogP contribution >= 0.6 is 23.2 Å². The van der Waals surface area contributed by atoms with Gasteiger partial charge in [-0.25, -0.2) is 9.97 Å². The van der Waals surface area contributed by atoms with Gasteiger partial charge in [-0.05, 0) is 54.6 Å². The molecule has 8 aromatic rings. The largest absolute Gasteiger partial charge is 0.416 e. The molecular formula is C31H17Cl2F3N8. The Labute approximate surface area is 255 Å². The molecule has 4 aromatic heterocycles. The molecule has 0 atom stereocenters. The SMILES string of the molecule is Clc1cc(Cl)cc(-c2cnc3cc4[nH]ncc4cc3n2)c1.FC(F)(F)c1cccc(-c2cnc3cc4cn[nH]c4cc3n2)c1. The Bertz CT molecular complexity index is 2310. The average Bonchev–Trinajstić information content (AvgIpc) is 3.66. The van der Waals surface area contributed by atoms with E-state index in [1.807, 2.05) is 30.3 Å². The lowest BCUT2D eigenvalue weighted by molar-refractivity contribution is -0.137. The van der Waals surface area contributed by atoms with E-state index in [0.29, 0.717) is 32.3 Å². The van der Waals surface area contributed by atoms with Crippen molar-refractivity contribution >= 4 is 67.1 Å². The normalized spacial score (nSPS) is 11.8. The number of H-pyrrole nitrogens is 2. The van der Waals surface area contributed by atoms with Gasteiger partial charge >= 0.3 is 6.18 Å². The van der Waals surface area contributed by atoms with Crippen molar-refractivity contribution in [3.05, 3.63) is 107 Å². The van der Waals surface area contributed by atoms with Gasteiger partial charge in [0.05, 0.1) is 74.8 Å².